The molecule has 146 valence electrons. The van der Waals surface area contributed by atoms with Crippen LogP contribution in [-0.2, 0) is 11.2 Å². The lowest BCUT2D eigenvalue weighted by Gasteiger charge is -2.16. The van der Waals surface area contributed by atoms with Crippen LogP contribution in [0.1, 0.15) is 43.6 Å². The van der Waals surface area contributed by atoms with E-state index in [4.69, 9.17) is 4.52 Å². The summed E-state index contributed by atoms with van der Waals surface area (Å²) in [6, 6.07) is 6.06. The molecule has 0 radical (unpaired) electrons. The van der Waals surface area contributed by atoms with E-state index in [-0.39, 0.29) is 30.1 Å². The Balaban J connectivity index is 1.39. The molecular weight excluding hydrogens is 363 g/mol. The van der Waals surface area contributed by atoms with Crippen molar-refractivity contribution in [2.45, 2.75) is 38.6 Å². The van der Waals surface area contributed by atoms with Gasteiger partial charge in [0.1, 0.15) is 5.82 Å². The SMILES string of the molecule is CC(C)c1noc(-c2cn(C3CCN(C(=O)Cc4ccc(F)cc4)C3)nn2)n1. The van der Waals surface area contributed by atoms with Crippen molar-refractivity contribution in [3.05, 3.63) is 47.7 Å². The highest BCUT2D eigenvalue weighted by atomic mass is 19.1. The number of nitrogens with zero attached hydrogens (tertiary/aromatic N) is 6. The molecule has 1 aliphatic heterocycles. The molecule has 28 heavy (non-hydrogen) atoms. The van der Waals surface area contributed by atoms with Crippen LogP contribution in [0.4, 0.5) is 4.39 Å². The monoisotopic (exact) mass is 384 g/mol. The normalized spacial score (nSPS) is 16.9. The van der Waals surface area contributed by atoms with Gasteiger partial charge in [-0.25, -0.2) is 9.07 Å². The zero-order valence-corrected chi connectivity index (χ0v) is 15.7. The lowest BCUT2D eigenvalue weighted by atomic mass is 10.1. The van der Waals surface area contributed by atoms with Gasteiger partial charge in [-0.1, -0.05) is 36.4 Å². The van der Waals surface area contributed by atoms with Crippen LogP contribution in [-0.4, -0.2) is 49.0 Å². The molecule has 2 aromatic heterocycles. The number of benzene rings is 1. The van der Waals surface area contributed by atoms with Gasteiger partial charge in [-0.05, 0) is 24.1 Å². The molecule has 1 amide bonds. The highest BCUT2D eigenvalue weighted by Gasteiger charge is 2.28. The zero-order valence-electron chi connectivity index (χ0n) is 15.7. The smallest absolute Gasteiger partial charge is 0.280 e. The molecule has 1 fully saturated rings. The quantitative estimate of drug-likeness (QED) is 0.672. The van der Waals surface area contributed by atoms with E-state index in [0.717, 1.165) is 12.0 Å². The maximum absolute atomic E-state index is 13.0. The van der Waals surface area contributed by atoms with Gasteiger partial charge < -0.3 is 9.42 Å². The van der Waals surface area contributed by atoms with Crippen molar-refractivity contribution in [1.29, 1.82) is 0 Å². The summed E-state index contributed by atoms with van der Waals surface area (Å²) in [5.74, 6) is 0.859. The summed E-state index contributed by atoms with van der Waals surface area (Å²) >= 11 is 0. The first kappa shape index (κ1) is 18.3. The molecule has 0 aliphatic carbocycles. The van der Waals surface area contributed by atoms with E-state index in [1.807, 2.05) is 13.8 Å². The van der Waals surface area contributed by atoms with Gasteiger partial charge in [0.05, 0.1) is 18.7 Å². The lowest BCUT2D eigenvalue weighted by molar-refractivity contribution is -0.129. The summed E-state index contributed by atoms with van der Waals surface area (Å²) in [6.45, 7) is 5.19. The fourth-order valence-corrected chi connectivity index (χ4v) is 3.20. The number of hydrogen-bond donors (Lipinski definition) is 0. The summed E-state index contributed by atoms with van der Waals surface area (Å²) in [7, 11) is 0. The molecule has 1 saturated heterocycles. The van der Waals surface area contributed by atoms with Crippen LogP contribution in [0.5, 0.6) is 0 Å². The van der Waals surface area contributed by atoms with Gasteiger partial charge in [-0.2, -0.15) is 4.98 Å². The second kappa shape index (κ2) is 7.49. The van der Waals surface area contributed by atoms with Crippen LogP contribution >= 0.6 is 0 Å². The Labute approximate surface area is 161 Å². The minimum atomic E-state index is -0.304. The molecule has 4 rings (SSSR count). The average molecular weight is 384 g/mol. The average Bonchev–Trinajstić information content (AvgIpc) is 3.42. The molecule has 8 nitrogen and oxygen atoms in total. The first-order valence-electron chi connectivity index (χ1n) is 9.27. The first-order valence-corrected chi connectivity index (χ1v) is 9.27. The number of amides is 1. The van der Waals surface area contributed by atoms with Crippen molar-refractivity contribution >= 4 is 5.91 Å². The number of likely N-dealkylation sites (tertiary alicyclic amines) is 1. The van der Waals surface area contributed by atoms with E-state index in [1.165, 1.54) is 12.1 Å². The van der Waals surface area contributed by atoms with E-state index < -0.39 is 0 Å². The third kappa shape index (κ3) is 3.78. The van der Waals surface area contributed by atoms with Crippen LogP contribution in [0.3, 0.4) is 0 Å². The lowest BCUT2D eigenvalue weighted by Crippen LogP contribution is -2.30. The minimum Gasteiger partial charge on any atom is -0.340 e. The van der Waals surface area contributed by atoms with Crippen LogP contribution in [0.25, 0.3) is 11.6 Å². The predicted molar refractivity (Wildman–Crippen MR) is 97.7 cm³/mol. The number of hydrogen-bond acceptors (Lipinski definition) is 6. The van der Waals surface area contributed by atoms with Crippen LogP contribution < -0.4 is 0 Å². The third-order valence-electron chi connectivity index (χ3n) is 4.85. The number of halogens is 1. The Bertz CT molecular complexity index is 965. The van der Waals surface area contributed by atoms with Crippen LogP contribution in [0.15, 0.2) is 35.0 Å². The molecule has 0 saturated carbocycles. The van der Waals surface area contributed by atoms with Crippen molar-refractivity contribution in [2.24, 2.45) is 0 Å². The van der Waals surface area contributed by atoms with Crippen LogP contribution in [0.2, 0.25) is 0 Å². The fraction of sp³-hybridized carbons (Fsp3) is 0.421. The van der Waals surface area contributed by atoms with E-state index >= 15 is 0 Å². The number of carbonyl (C=O) groups excluding carboxylic acids is 1. The molecule has 0 bridgehead atoms. The van der Waals surface area contributed by atoms with Crippen LogP contribution in [0, 0.1) is 5.82 Å². The summed E-state index contributed by atoms with van der Waals surface area (Å²) in [5.41, 5.74) is 1.32. The maximum Gasteiger partial charge on any atom is 0.280 e. The van der Waals surface area contributed by atoms with E-state index in [1.54, 1.807) is 27.9 Å². The Morgan fingerprint density at radius 2 is 2.11 bits per heavy atom. The summed E-state index contributed by atoms with van der Waals surface area (Å²) in [5, 5.41) is 12.2. The summed E-state index contributed by atoms with van der Waals surface area (Å²) in [4.78, 5) is 18.7. The van der Waals surface area contributed by atoms with Crippen molar-refractivity contribution < 1.29 is 13.7 Å². The molecule has 1 atom stereocenters. The van der Waals surface area contributed by atoms with Crippen molar-refractivity contribution in [3.63, 3.8) is 0 Å². The molecule has 3 heterocycles. The van der Waals surface area contributed by atoms with Gasteiger partial charge in [0.25, 0.3) is 5.89 Å². The third-order valence-corrected chi connectivity index (χ3v) is 4.85. The minimum absolute atomic E-state index is 0.0212. The standard InChI is InChI=1S/C19H21FN6O2/c1-12(2)18-21-19(28-23-18)16-11-26(24-22-16)15-7-8-25(10-15)17(27)9-13-3-5-14(20)6-4-13/h3-6,11-12,15H,7-10H2,1-2H3. The van der Waals surface area contributed by atoms with Gasteiger partial charge in [-0.3, -0.25) is 4.79 Å². The Kier molecular flexibility index (Phi) is 4.89. The molecule has 1 unspecified atom stereocenters. The molecule has 1 aromatic carbocycles. The highest BCUT2D eigenvalue weighted by Crippen LogP contribution is 2.24. The van der Waals surface area contributed by atoms with Gasteiger partial charge >= 0.3 is 0 Å². The van der Waals surface area contributed by atoms with E-state index in [9.17, 15) is 9.18 Å². The predicted octanol–water partition coefficient (Wildman–Crippen LogP) is 2.61. The Morgan fingerprint density at radius 1 is 1.32 bits per heavy atom. The largest absolute Gasteiger partial charge is 0.340 e. The Hall–Kier alpha value is -3.10. The van der Waals surface area contributed by atoms with Crippen molar-refractivity contribution in [3.8, 4) is 11.6 Å². The summed E-state index contributed by atoms with van der Waals surface area (Å²) in [6.07, 6.45) is 2.82. The summed E-state index contributed by atoms with van der Waals surface area (Å²) < 4.78 is 20.0. The highest BCUT2D eigenvalue weighted by molar-refractivity contribution is 5.79. The number of rotatable bonds is 5. The van der Waals surface area contributed by atoms with Crippen molar-refractivity contribution in [2.75, 3.05) is 13.1 Å². The van der Waals surface area contributed by atoms with Crippen molar-refractivity contribution in [1.82, 2.24) is 30.0 Å². The topological polar surface area (TPSA) is 89.9 Å². The van der Waals surface area contributed by atoms with Gasteiger partial charge in [-0.15, -0.1) is 5.10 Å². The van der Waals surface area contributed by atoms with E-state index in [2.05, 4.69) is 20.5 Å². The molecule has 0 spiro atoms. The molecular formula is C19H21FN6O2. The maximum atomic E-state index is 13.0. The van der Waals surface area contributed by atoms with E-state index in [0.29, 0.717) is 30.5 Å². The Morgan fingerprint density at radius 3 is 2.82 bits per heavy atom. The van der Waals surface area contributed by atoms with Gasteiger partial charge in [0.2, 0.25) is 5.91 Å². The number of carbonyl (C=O) groups is 1. The fourth-order valence-electron chi connectivity index (χ4n) is 3.20. The number of aromatic nitrogens is 5. The first-order chi connectivity index (χ1) is 13.5. The second-order valence-corrected chi connectivity index (χ2v) is 7.28. The molecule has 0 N–H and O–H groups in total. The molecule has 3 aromatic rings. The second-order valence-electron chi connectivity index (χ2n) is 7.28. The molecule has 9 heteroatoms. The zero-order chi connectivity index (χ0) is 19.7. The van der Waals surface area contributed by atoms with Gasteiger partial charge in [0.15, 0.2) is 11.5 Å². The van der Waals surface area contributed by atoms with Gasteiger partial charge in [0, 0.05) is 19.0 Å². The molecule has 1 aliphatic rings.